The van der Waals surface area contributed by atoms with E-state index in [9.17, 15) is 4.79 Å². The highest BCUT2D eigenvalue weighted by Gasteiger charge is 2.17. The Morgan fingerprint density at radius 1 is 1.21 bits per heavy atom. The van der Waals surface area contributed by atoms with E-state index in [1.807, 2.05) is 13.1 Å². The first-order valence-electron chi connectivity index (χ1n) is 9.63. The first kappa shape index (κ1) is 18.2. The Balaban J connectivity index is 1.82. The van der Waals surface area contributed by atoms with Crippen molar-refractivity contribution in [2.75, 3.05) is 36.5 Å². The molecular formula is C20H24N6O2. The predicted molar refractivity (Wildman–Crippen MR) is 109 cm³/mol. The van der Waals surface area contributed by atoms with Gasteiger partial charge >= 0.3 is 5.97 Å². The molecule has 0 radical (unpaired) electrons. The molecule has 1 saturated heterocycles. The minimum absolute atomic E-state index is 0.106. The number of anilines is 2. The van der Waals surface area contributed by atoms with Crippen LogP contribution in [0.2, 0.25) is 0 Å². The molecule has 0 unspecified atom stereocenters. The summed E-state index contributed by atoms with van der Waals surface area (Å²) in [5, 5.41) is 14.2. The fourth-order valence-electron chi connectivity index (χ4n) is 3.52. The fourth-order valence-corrected chi connectivity index (χ4v) is 3.52. The summed E-state index contributed by atoms with van der Waals surface area (Å²) in [6.07, 6.45) is 6.48. The summed E-state index contributed by atoms with van der Waals surface area (Å²) in [4.78, 5) is 25.0. The standard InChI is InChI=1S/C20H24N6O2/c1-3-24(2)18-16-11-15(25-9-5-4-6-10-25)7-8-17(16)22-20(23-18)26-13-14(12-21-26)19(27)28/h7-8,11-13H,3-6,9-10H2,1-2H3,(H,27,28). The Hall–Kier alpha value is -3.16. The van der Waals surface area contributed by atoms with Gasteiger partial charge in [0.1, 0.15) is 5.82 Å². The molecule has 0 atom stereocenters. The number of rotatable bonds is 5. The van der Waals surface area contributed by atoms with Crippen LogP contribution in [0.4, 0.5) is 11.5 Å². The van der Waals surface area contributed by atoms with Crippen LogP contribution >= 0.6 is 0 Å². The van der Waals surface area contributed by atoms with Gasteiger partial charge in [0.15, 0.2) is 0 Å². The monoisotopic (exact) mass is 380 g/mol. The Bertz CT molecular complexity index is 1010. The lowest BCUT2D eigenvalue weighted by Gasteiger charge is -2.29. The molecule has 0 amide bonds. The summed E-state index contributed by atoms with van der Waals surface area (Å²) in [6, 6.07) is 6.28. The number of benzene rings is 1. The molecular weight excluding hydrogens is 356 g/mol. The lowest BCUT2D eigenvalue weighted by Crippen LogP contribution is -2.29. The smallest absolute Gasteiger partial charge is 0.338 e. The second-order valence-electron chi connectivity index (χ2n) is 7.09. The van der Waals surface area contributed by atoms with Crippen molar-refractivity contribution in [2.24, 2.45) is 0 Å². The summed E-state index contributed by atoms with van der Waals surface area (Å²) < 4.78 is 1.41. The lowest BCUT2D eigenvalue weighted by molar-refractivity contribution is 0.0697. The number of carbonyl (C=O) groups is 1. The Morgan fingerprint density at radius 2 is 2.00 bits per heavy atom. The van der Waals surface area contributed by atoms with Crippen LogP contribution in [-0.4, -0.2) is 57.5 Å². The minimum Gasteiger partial charge on any atom is -0.478 e. The van der Waals surface area contributed by atoms with Crippen LogP contribution in [-0.2, 0) is 0 Å². The topological polar surface area (TPSA) is 87.4 Å². The van der Waals surface area contributed by atoms with Crippen LogP contribution in [0.1, 0.15) is 36.5 Å². The van der Waals surface area contributed by atoms with Gasteiger partial charge in [0.25, 0.3) is 5.95 Å². The van der Waals surface area contributed by atoms with Gasteiger partial charge in [-0.25, -0.2) is 14.5 Å². The van der Waals surface area contributed by atoms with Crippen LogP contribution in [0.5, 0.6) is 0 Å². The van der Waals surface area contributed by atoms with Crippen molar-refractivity contribution in [1.82, 2.24) is 19.7 Å². The van der Waals surface area contributed by atoms with E-state index in [1.165, 1.54) is 42.0 Å². The van der Waals surface area contributed by atoms with Crippen molar-refractivity contribution in [3.8, 4) is 5.95 Å². The van der Waals surface area contributed by atoms with E-state index in [0.717, 1.165) is 36.4 Å². The highest BCUT2D eigenvalue weighted by molar-refractivity contribution is 5.92. The molecule has 28 heavy (non-hydrogen) atoms. The normalized spacial score (nSPS) is 14.4. The summed E-state index contributed by atoms with van der Waals surface area (Å²) >= 11 is 0. The van der Waals surface area contributed by atoms with Gasteiger partial charge in [-0.1, -0.05) is 0 Å². The van der Waals surface area contributed by atoms with E-state index >= 15 is 0 Å². The number of carboxylic acid groups (broad SMARTS) is 1. The van der Waals surface area contributed by atoms with E-state index < -0.39 is 5.97 Å². The summed E-state index contributed by atoms with van der Waals surface area (Å²) in [7, 11) is 1.99. The predicted octanol–water partition coefficient (Wildman–Crippen LogP) is 2.96. The van der Waals surface area contributed by atoms with E-state index in [-0.39, 0.29) is 5.56 Å². The third-order valence-corrected chi connectivity index (χ3v) is 5.24. The second kappa shape index (κ2) is 7.46. The molecule has 3 heterocycles. The number of hydrogen-bond acceptors (Lipinski definition) is 6. The molecule has 1 N–H and O–H groups in total. The third kappa shape index (κ3) is 3.37. The zero-order valence-electron chi connectivity index (χ0n) is 16.2. The van der Waals surface area contributed by atoms with Gasteiger partial charge in [0, 0.05) is 44.0 Å². The van der Waals surface area contributed by atoms with Crippen LogP contribution < -0.4 is 9.80 Å². The highest BCUT2D eigenvalue weighted by atomic mass is 16.4. The van der Waals surface area contributed by atoms with Gasteiger partial charge in [-0.15, -0.1) is 0 Å². The molecule has 1 aliphatic rings. The second-order valence-corrected chi connectivity index (χ2v) is 7.09. The van der Waals surface area contributed by atoms with Gasteiger partial charge < -0.3 is 14.9 Å². The maximum atomic E-state index is 11.2. The lowest BCUT2D eigenvalue weighted by atomic mass is 10.1. The van der Waals surface area contributed by atoms with Gasteiger partial charge in [0.05, 0.1) is 17.3 Å². The summed E-state index contributed by atoms with van der Waals surface area (Å²) in [6.45, 7) is 5.01. The van der Waals surface area contributed by atoms with Crippen molar-refractivity contribution in [3.05, 3.63) is 36.2 Å². The molecule has 2 aromatic heterocycles. The van der Waals surface area contributed by atoms with Gasteiger partial charge in [-0.05, 0) is 44.4 Å². The molecule has 0 saturated carbocycles. The molecule has 0 aliphatic carbocycles. The molecule has 146 valence electrons. The Labute approximate surface area is 163 Å². The number of hydrogen-bond donors (Lipinski definition) is 1. The molecule has 0 bridgehead atoms. The van der Waals surface area contributed by atoms with Gasteiger partial charge in [-0.3, -0.25) is 0 Å². The van der Waals surface area contributed by atoms with Gasteiger partial charge in [-0.2, -0.15) is 10.1 Å². The number of nitrogens with zero attached hydrogens (tertiary/aromatic N) is 6. The van der Waals surface area contributed by atoms with Crippen LogP contribution in [0, 0.1) is 0 Å². The Morgan fingerprint density at radius 3 is 2.68 bits per heavy atom. The van der Waals surface area contributed by atoms with E-state index in [0.29, 0.717) is 5.95 Å². The number of aromatic nitrogens is 4. The van der Waals surface area contributed by atoms with Crippen LogP contribution in [0.3, 0.4) is 0 Å². The fraction of sp³-hybridized carbons (Fsp3) is 0.400. The number of aromatic carboxylic acids is 1. The summed E-state index contributed by atoms with van der Waals surface area (Å²) in [5.41, 5.74) is 2.12. The number of carboxylic acids is 1. The van der Waals surface area contributed by atoms with Crippen molar-refractivity contribution in [3.63, 3.8) is 0 Å². The maximum absolute atomic E-state index is 11.2. The van der Waals surface area contributed by atoms with Crippen LogP contribution in [0.25, 0.3) is 16.9 Å². The first-order chi connectivity index (χ1) is 13.6. The average Bonchev–Trinajstić information content (AvgIpc) is 3.23. The van der Waals surface area contributed by atoms with E-state index in [2.05, 4.69) is 38.9 Å². The first-order valence-corrected chi connectivity index (χ1v) is 9.63. The molecule has 8 heteroatoms. The zero-order chi connectivity index (χ0) is 19.7. The summed E-state index contributed by atoms with van der Waals surface area (Å²) in [5.74, 6) is 0.152. The third-order valence-electron chi connectivity index (χ3n) is 5.24. The molecule has 1 fully saturated rings. The van der Waals surface area contributed by atoms with Crippen molar-refractivity contribution < 1.29 is 9.90 Å². The quantitative estimate of drug-likeness (QED) is 0.728. The molecule has 4 rings (SSSR count). The average molecular weight is 380 g/mol. The molecule has 8 nitrogen and oxygen atoms in total. The molecule has 1 aliphatic heterocycles. The molecule has 1 aromatic carbocycles. The van der Waals surface area contributed by atoms with Crippen molar-refractivity contribution >= 4 is 28.4 Å². The van der Waals surface area contributed by atoms with Crippen molar-refractivity contribution in [2.45, 2.75) is 26.2 Å². The van der Waals surface area contributed by atoms with E-state index in [1.54, 1.807) is 0 Å². The number of fused-ring (bicyclic) bond motifs is 1. The number of piperidine rings is 1. The SMILES string of the molecule is CCN(C)c1nc(-n2cc(C(=O)O)cn2)nc2ccc(N3CCCCC3)cc12. The van der Waals surface area contributed by atoms with E-state index in [4.69, 9.17) is 10.1 Å². The maximum Gasteiger partial charge on any atom is 0.338 e. The minimum atomic E-state index is -1.02. The Kier molecular flexibility index (Phi) is 4.85. The largest absolute Gasteiger partial charge is 0.478 e. The molecule has 3 aromatic rings. The van der Waals surface area contributed by atoms with Gasteiger partial charge in [0.2, 0.25) is 0 Å². The molecule has 0 spiro atoms. The zero-order valence-corrected chi connectivity index (χ0v) is 16.2. The highest BCUT2D eigenvalue weighted by Crippen LogP contribution is 2.30. The van der Waals surface area contributed by atoms with Crippen LogP contribution in [0.15, 0.2) is 30.6 Å². The van der Waals surface area contributed by atoms with Crippen molar-refractivity contribution in [1.29, 1.82) is 0 Å².